The Kier molecular flexibility index (Phi) is 8.36. The SMILES string of the molecule is O=C(NCCOCC(=O)N1CCCCCCC1C(=O)O)OCC1c2ccccc2-c2ccccc21. The van der Waals surface area contributed by atoms with Gasteiger partial charge in [-0.15, -0.1) is 0 Å². The van der Waals surface area contributed by atoms with E-state index in [1.54, 1.807) is 0 Å². The van der Waals surface area contributed by atoms with Crippen molar-refractivity contribution in [3.05, 3.63) is 59.7 Å². The van der Waals surface area contributed by atoms with Gasteiger partial charge < -0.3 is 24.8 Å². The molecule has 4 rings (SSSR count). The number of likely N-dealkylation sites (tertiary alicyclic amines) is 1. The average Bonchev–Trinajstić information content (AvgIpc) is 3.16. The van der Waals surface area contributed by atoms with Gasteiger partial charge in [-0.05, 0) is 35.1 Å². The fraction of sp³-hybridized carbons (Fsp3) is 0.444. The van der Waals surface area contributed by atoms with Crippen LogP contribution in [-0.4, -0.2) is 66.9 Å². The molecule has 0 saturated carbocycles. The molecule has 2 aromatic carbocycles. The van der Waals surface area contributed by atoms with Crippen LogP contribution in [0.4, 0.5) is 4.79 Å². The molecular weight excluding hydrogens is 448 g/mol. The summed E-state index contributed by atoms with van der Waals surface area (Å²) in [5, 5.41) is 12.1. The predicted octanol–water partition coefficient (Wildman–Crippen LogP) is 3.79. The maximum atomic E-state index is 12.6. The molecule has 0 bridgehead atoms. The van der Waals surface area contributed by atoms with E-state index >= 15 is 0 Å². The van der Waals surface area contributed by atoms with Crippen LogP contribution in [-0.2, 0) is 19.1 Å². The smallest absolute Gasteiger partial charge is 0.407 e. The normalized spacial score (nSPS) is 17.6. The number of hydrogen-bond acceptors (Lipinski definition) is 5. The number of carbonyl (C=O) groups excluding carboxylic acids is 2. The number of nitrogens with one attached hydrogen (secondary N) is 1. The monoisotopic (exact) mass is 480 g/mol. The number of carboxylic acids is 1. The molecule has 1 saturated heterocycles. The van der Waals surface area contributed by atoms with Crippen LogP contribution >= 0.6 is 0 Å². The predicted molar refractivity (Wildman–Crippen MR) is 130 cm³/mol. The topological polar surface area (TPSA) is 105 Å². The van der Waals surface area contributed by atoms with E-state index in [0.29, 0.717) is 13.0 Å². The van der Waals surface area contributed by atoms with Crippen LogP contribution in [0.15, 0.2) is 48.5 Å². The minimum Gasteiger partial charge on any atom is -0.480 e. The summed E-state index contributed by atoms with van der Waals surface area (Å²) in [6.45, 7) is 0.756. The lowest BCUT2D eigenvalue weighted by Gasteiger charge is -2.30. The molecule has 1 fully saturated rings. The van der Waals surface area contributed by atoms with E-state index in [1.165, 1.54) is 16.0 Å². The zero-order chi connectivity index (χ0) is 24.6. The highest BCUT2D eigenvalue weighted by Gasteiger charge is 2.30. The molecule has 1 atom stereocenters. The molecule has 2 amide bonds. The summed E-state index contributed by atoms with van der Waals surface area (Å²) in [6, 6.07) is 15.5. The van der Waals surface area contributed by atoms with Crippen molar-refractivity contribution < 1.29 is 29.0 Å². The Morgan fingerprint density at radius 3 is 2.29 bits per heavy atom. The van der Waals surface area contributed by atoms with Gasteiger partial charge in [0.25, 0.3) is 0 Å². The summed E-state index contributed by atoms with van der Waals surface area (Å²) in [4.78, 5) is 37.8. The van der Waals surface area contributed by atoms with Crippen LogP contribution in [0.25, 0.3) is 11.1 Å². The second kappa shape index (κ2) is 11.8. The molecule has 8 nitrogen and oxygen atoms in total. The van der Waals surface area contributed by atoms with Gasteiger partial charge in [-0.3, -0.25) is 4.79 Å². The van der Waals surface area contributed by atoms with E-state index in [2.05, 4.69) is 29.6 Å². The van der Waals surface area contributed by atoms with E-state index in [1.807, 2.05) is 24.3 Å². The van der Waals surface area contributed by atoms with Crippen LogP contribution in [0.5, 0.6) is 0 Å². The molecule has 2 aromatic rings. The van der Waals surface area contributed by atoms with E-state index in [0.717, 1.165) is 36.8 Å². The minimum absolute atomic E-state index is 0.0120. The standard InChI is InChI=1S/C27H32N2O6/c30-25(29-15-8-2-1-3-13-24(29)26(31)32)18-34-16-14-28-27(33)35-17-23-21-11-6-4-9-19(21)20-10-5-7-12-22(20)23/h4-7,9-12,23-24H,1-3,8,13-18H2,(H,28,33)(H,31,32). The number of carbonyl (C=O) groups is 3. The van der Waals surface area contributed by atoms with Gasteiger partial charge in [-0.2, -0.15) is 0 Å². The van der Waals surface area contributed by atoms with E-state index in [4.69, 9.17) is 9.47 Å². The first-order chi connectivity index (χ1) is 17.1. The van der Waals surface area contributed by atoms with Gasteiger partial charge in [0.2, 0.25) is 5.91 Å². The third kappa shape index (κ3) is 6.00. The number of nitrogens with zero attached hydrogens (tertiary/aromatic N) is 1. The van der Waals surface area contributed by atoms with Gasteiger partial charge in [-0.1, -0.05) is 67.8 Å². The Hall–Kier alpha value is -3.39. The zero-order valence-electron chi connectivity index (χ0n) is 19.8. The third-order valence-electron chi connectivity index (χ3n) is 6.69. The third-order valence-corrected chi connectivity index (χ3v) is 6.69. The number of fused-ring (bicyclic) bond motifs is 3. The first-order valence-corrected chi connectivity index (χ1v) is 12.2. The Bertz CT molecular complexity index is 1010. The van der Waals surface area contributed by atoms with Gasteiger partial charge in [-0.25, -0.2) is 9.59 Å². The molecule has 8 heteroatoms. The van der Waals surface area contributed by atoms with Crippen molar-refractivity contribution in [2.45, 2.75) is 44.1 Å². The minimum atomic E-state index is -0.975. The maximum Gasteiger partial charge on any atom is 0.407 e. The Labute approximate surface area is 205 Å². The van der Waals surface area contributed by atoms with Gasteiger partial charge >= 0.3 is 12.1 Å². The van der Waals surface area contributed by atoms with Crippen molar-refractivity contribution in [1.29, 1.82) is 0 Å². The summed E-state index contributed by atoms with van der Waals surface area (Å²) in [6.07, 6.45) is 3.48. The number of benzene rings is 2. The highest BCUT2D eigenvalue weighted by Crippen LogP contribution is 2.44. The van der Waals surface area contributed by atoms with Crippen molar-refractivity contribution in [2.24, 2.45) is 0 Å². The summed E-state index contributed by atoms with van der Waals surface area (Å²) >= 11 is 0. The average molecular weight is 481 g/mol. The largest absolute Gasteiger partial charge is 0.480 e. The first kappa shape index (κ1) is 24.7. The fourth-order valence-electron chi connectivity index (χ4n) is 4.96. The molecule has 35 heavy (non-hydrogen) atoms. The lowest BCUT2D eigenvalue weighted by Crippen LogP contribution is -2.47. The maximum absolute atomic E-state index is 12.6. The summed E-state index contributed by atoms with van der Waals surface area (Å²) < 4.78 is 10.9. The van der Waals surface area contributed by atoms with Crippen LogP contribution in [0.3, 0.4) is 0 Å². The number of carboxylic acid groups (broad SMARTS) is 1. The molecule has 1 aliphatic heterocycles. The summed E-state index contributed by atoms with van der Waals surface area (Å²) in [5.74, 6) is -1.32. The van der Waals surface area contributed by atoms with Crippen LogP contribution < -0.4 is 5.32 Å². The van der Waals surface area contributed by atoms with Gasteiger partial charge in [0.1, 0.15) is 19.3 Å². The molecule has 1 heterocycles. The number of rotatable bonds is 8. The molecule has 0 aromatic heterocycles. The molecule has 1 aliphatic carbocycles. The van der Waals surface area contributed by atoms with Crippen molar-refractivity contribution in [3.8, 4) is 11.1 Å². The second-order valence-electron chi connectivity index (χ2n) is 8.95. The van der Waals surface area contributed by atoms with Crippen LogP contribution in [0.1, 0.15) is 49.1 Å². The molecule has 2 N–H and O–H groups in total. The molecule has 1 unspecified atom stereocenters. The van der Waals surface area contributed by atoms with Crippen molar-refractivity contribution >= 4 is 18.0 Å². The van der Waals surface area contributed by atoms with Crippen molar-refractivity contribution in [2.75, 3.05) is 32.9 Å². The highest BCUT2D eigenvalue weighted by atomic mass is 16.5. The van der Waals surface area contributed by atoms with E-state index in [-0.39, 0.29) is 38.2 Å². The molecular formula is C27H32N2O6. The number of aliphatic carboxylic acids is 1. The fourth-order valence-corrected chi connectivity index (χ4v) is 4.96. The molecule has 0 spiro atoms. The summed E-state index contributed by atoms with van der Waals surface area (Å²) in [5.41, 5.74) is 4.63. The number of amides is 2. The van der Waals surface area contributed by atoms with Gasteiger partial charge in [0.05, 0.1) is 6.61 Å². The second-order valence-corrected chi connectivity index (χ2v) is 8.95. The molecule has 0 radical (unpaired) electrons. The zero-order valence-corrected chi connectivity index (χ0v) is 19.8. The lowest BCUT2D eigenvalue weighted by molar-refractivity contribution is -0.153. The molecule has 186 valence electrons. The van der Waals surface area contributed by atoms with Crippen molar-refractivity contribution in [1.82, 2.24) is 10.2 Å². The first-order valence-electron chi connectivity index (χ1n) is 12.2. The Morgan fingerprint density at radius 2 is 1.60 bits per heavy atom. The van der Waals surface area contributed by atoms with Crippen LogP contribution in [0, 0.1) is 0 Å². The summed E-state index contributed by atoms with van der Waals surface area (Å²) in [7, 11) is 0. The number of hydrogen-bond donors (Lipinski definition) is 2. The van der Waals surface area contributed by atoms with E-state index < -0.39 is 18.1 Å². The quantitative estimate of drug-likeness (QED) is 0.557. The lowest BCUT2D eigenvalue weighted by atomic mass is 9.98. The highest BCUT2D eigenvalue weighted by molar-refractivity contribution is 5.84. The molecule has 2 aliphatic rings. The van der Waals surface area contributed by atoms with Gasteiger partial charge in [0, 0.05) is 19.0 Å². The van der Waals surface area contributed by atoms with Crippen LogP contribution in [0.2, 0.25) is 0 Å². The van der Waals surface area contributed by atoms with Gasteiger partial charge in [0.15, 0.2) is 0 Å². The Balaban J connectivity index is 1.19. The van der Waals surface area contributed by atoms with Crippen molar-refractivity contribution in [3.63, 3.8) is 0 Å². The number of ether oxygens (including phenoxy) is 2. The van der Waals surface area contributed by atoms with E-state index in [9.17, 15) is 19.5 Å². The number of alkyl carbamates (subject to hydrolysis) is 1. The Morgan fingerprint density at radius 1 is 0.943 bits per heavy atom.